The zero-order valence-corrected chi connectivity index (χ0v) is 17.8. The van der Waals surface area contributed by atoms with Crippen LogP contribution in [0.3, 0.4) is 0 Å². The van der Waals surface area contributed by atoms with Crippen molar-refractivity contribution in [3.63, 3.8) is 0 Å². The number of nitrogens with zero attached hydrogens (tertiary/aromatic N) is 1. The lowest BCUT2D eigenvalue weighted by Crippen LogP contribution is -2.25. The Bertz CT molecular complexity index is 1100. The van der Waals surface area contributed by atoms with Crippen molar-refractivity contribution in [2.75, 3.05) is 7.11 Å². The Balaban J connectivity index is 1.31. The Hall–Kier alpha value is -3.34. The molecule has 0 saturated heterocycles. The van der Waals surface area contributed by atoms with E-state index in [2.05, 4.69) is 17.4 Å². The minimum atomic E-state index is -0.0124. The van der Waals surface area contributed by atoms with Crippen LogP contribution in [0.4, 0.5) is 0 Å². The maximum Gasteiger partial charge on any atom is 0.250 e. The van der Waals surface area contributed by atoms with E-state index in [0.29, 0.717) is 19.5 Å². The van der Waals surface area contributed by atoms with Gasteiger partial charge in [-0.2, -0.15) is 0 Å². The van der Waals surface area contributed by atoms with Crippen LogP contribution in [0.1, 0.15) is 47.4 Å². The van der Waals surface area contributed by atoms with Crippen molar-refractivity contribution in [2.45, 2.75) is 44.7 Å². The lowest BCUT2D eigenvalue weighted by atomic mass is 9.81. The van der Waals surface area contributed by atoms with Gasteiger partial charge in [-0.05, 0) is 65.6 Å². The summed E-state index contributed by atoms with van der Waals surface area (Å²) < 4.78 is 7.01. The molecule has 2 aromatic carbocycles. The van der Waals surface area contributed by atoms with Gasteiger partial charge in [0.05, 0.1) is 13.7 Å². The minimum absolute atomic E-state index is 0.0124. The number of fused-ring (bicyclic) bond motifs is 1. The number of carbonyl (C=O) groups excluding carboxylic acids is 1. The van der Waals surface area contributed by atoms with Crippen molar-refractivity contribution >= 4 is 5.91 Å². The van der Waals surface area contributed by atoms with Gasteiger partial charge in [0, 0.05) is 25.2 Å². The Labute approximate surface area is 182 Å². The molecule has 0 radical (unpaired) electrons. The van der Waals surface area contributed by atoms with Crippen LogP contribution in [0.15, 0.2) is 71.7 Å². The van der Waals surface area contributed by atoms with Gasteiger partial charge in [0.1, 0.15) is 5.75 Å². The number of nitrogens with one attached hydrogen (secondary N) is 1. The van der Waals surface area contributed by atoms with E-state index in [-0.39, 0.29) is 17.4 Å². The van der Waals surface area contributed by atoms with Crippen molar-refractivity contribution in [1.82, 2.24) is 9.88 Å². The first kappa shape index (κ1) is 20.9. The third kappa shape index (κ3) is 5.23. The average Bonchev–Trinajstić information content (AvgIpc) is 2.80. The number of aromatic nitrogens is 1. The number of carbonyl (C=O) groups is 1. The molecule has 0 bridgehead atoms. The third-order valence-corrected chi connectivity index (χ3v) is 5.99. The highest BCUT2D eigenvalue weighted by Crippen LogP contribution is 2.35. The summed E-state index contributed by atoms with van der Waals surface area (Å²) in [6, 6.07) is 19.4. The van der Waals surface area contributed by atoms with Crippen LogP contribution in [-0.2, 0) is 24.3 Å². The van der Waals surface area contributed by atoms with Crippen LogP contribution >= 0.6 is 0 Å². The predicted molar refractivity (Wildman–Crippen MR) is 121 cm³/mol. The number of hydrogen-bond acceptors (Lipinski definition) is 3. The molecule has 1 aliphatic rings. The standard InChI is InChI=1S/C26H28N2O3/c1-31-23-12-13-24-21(15-23)5-4-6-22(24)16-25(29)27-17-19-8-10-20(11-9-19)18-28-14-3-2-7-26(28)30/h2-3,7-15,22H,4-6,16-18H2,1H3,(H,27,29). The second-order valence-electron chi connectivity index (χ2n) is 8.12. The molecule has 0 saturated carbocycles. The zero-order chi connectivity index (χ0) is 21.6. The molecular weight excluding hydrogens is 388 g/mol. The van der Waals surface area contributed by atoms with Gasteiger partial charge >= 0.3 is 0 Å². The maximum atomic E-state index is 12.6. The van der Waals surface area contributed by atoms with Gasteiger partial charge in [-0.1, -0.05) is 36.4 Å². The summed E-state index contributed by atoms with van der Waals surface area (Å²) in [6.45, 7) is 1.05. The van der Waals surface area contributed by atoms with Crippen LogP contribution in [-0.4, -0.2) is 17.6 Å². The highest BCUT2D eigenvalue weighted by molar-refractivity contribution is 5.77. The van der Waals surface area contributed by atoms with Crippen molar-refractivity contribution < 1.29 is 9.53 Å². The minimum Gasteiger partial charge on any atom is -0.497 e. The van der Waals surface area contributed by atoms with Crippen LogP contribution < -0.4 is 15.6 Å². The molecule has 3 aromatic rings. The van der Waals surface area contributed by atoms with Crippen molar-refractivity contribution in [1.29, 1.82) is 0 Å². The average molecular weight is 417 g/mol. The number of pyridine rings is 1. The monoisotopic (exact) mass is 416 g/mol. The SMILES string of the molecule is COc1ccc2c(c1)CCCC2CC(=O)NCc1ccc(Cn2ccccc2=O)cc1. The summed E-state index contributed by atoms with van der Waals surface area (Å²) in [5.41, 5.74) is 4.67. The van der Waals surface area contributed by atoms with Crippen LogP contribution in [0.5, 0.6) is 5.75 Å². The molecule has 160 valence electrons. The van der Waals surface area contributed by atoms with Gasteiger partial charge in [0.15, 0.2) is 0 Å². The molecule has 31 heavy (non-hydrogen) atoms. The molecule has 1 atom stereocenters. The molecule has 5 nitrogen and oxygen atoms in total. The lowest BCUT2D eigenvalue weighted by molar-refractivity contribution is -0.121. The Morgan fingerprint density at radius 3 is 2.68 bits per heavy atom. The largest absolute Gasteiger partial charge is 0.497 e. The molecule has 1 amide bonds. The van der Waals surface area contributed by atoms with Crippen molar-refractivity contribution in [3.8, 4) is 5.75 Å². The van der Waals surface area contributed by atoms with E-state index >= 15 is 0 Å². The molecular formula is C26H28N2O3. The Morgan fingerprint density at radius 2 is 1.90 bits per heavy atom. The smallest absolute Gasteiger partial charge is 0.250 e. The number of aryl methyl sites for hydroxylation is 1. The van der Waals surface area contributed by atoms with Gasteiger partial charge in [0.25, 0.3) is 5.56 Å². The second-order valence-corrected chi connectivity index (χ2v) is 8.12. The fraction of sp³-hybridized carbons (Fsp3) is 0.308. The lowest BCUT2D eigenvalue weighted by Gasteiger charge is -2.25. The van der Waals surface area contributed by atoms with Gasteiger partial charge in [-0.3, -0.25) is 9.59 Å². The molecule has 4 rings (SSSR count). The van der Waals surface area contributed by atoms with Crippen LogP contribution in [0.25, 0.3) is 0 Å². The van der Waals surface area contributed by atoms with E-state index in [1.807, 2.05) is 36.4 Å². The number of amides is 1. The van der Waals surface area contributed by atoms with E-state index < -0.39 is 0 Å². The Morgan fingerprint density at radius 1 is 1.10 bits per heavy atom. The topological polar surface area (TPSA) is 60.3 Å². The summed E-state index contributed by atoms with van der Waals surface area (Å²) in [5.74, 6) is 1.22. The van der Waals surface area contributed by atoms with Crippen molar-refractivity contribution in [3.05, 3.63) is 99.5 Å². The molecule has 1 unspecified atom stereocenters. The molecule has 0 aliphatic heterocycles. The van der Waals surface area contributed by atoms with E-state index in [4.69, 9.17) is 4.74 Å². The summed E-state index contributed by atoms with van der Waals surface area (Å²) >= 11 is 0. The van der Waals surface area contributed by atoms with E-state index in [9.17, 15) is 9.59 Å². The molecule has 1 N–H and O–H groups in total. The van der Waals surface area contributed by atoms with Gasteiger partial charge in [-0.25, -0.2) is 0 Å². The normalized spacial score (nSPS) is 15.2. The first-order chi connectivity index (χ1) is 15.1. The number of benzene rings is 2. The van der Waals surface area contributed by atoms with Crippen LogP contribution in [0, 0.1) is 0 Å². The molecule has 1 aromatic heterocycles. The molecule has 0 fully saturated rings. The number of ether oxygens (including phenoxy) is 1. The maximum absolute atomic E-state index is 12.6. The summed E-state index contributed by atoms with van der Waals surface area (Å²) in [7, 11) is 1.68. The van der Waals surface area contributed by atoms with E-state index in [1.165, 1.54) is 11.1 Å². The third-order valence-electron chi connectivity index (χ3n) is 5.99. The number of methoxy groups -OCH3 is 1. The molecule has 1 aliphatic carbocycles. The van der Waals surface area contributed by atoms with Crippen molar-refractivity contribution in [2.24, 2.45) is 0 Å². The van der Waals surface area contributed by atoms with E-state index in [0.717, 1.165) is 36.1 Å². The molecule has 0 spiro atoms. The quantitative estimate of drug-likeness (QED) is 0.633. The number of rotatable bonds is 7. The second kappa shape index (κ2) is 9.65. The highest BCUT2D eigenvalue weighted by Gasteiger charge is 2.23. The molecule has 5 heteroatoms. The first-order valence-electron chi connectivity index (χ1n) is 10.8. The highest BCUT2D eigenvalue weighted by atomic mass is 16.5. The van der Waals surface area contributed by atoms with Gasteiger partial charge in [0.2, 0.25) is 5.91 Å². The summed E-state index contributed by atoms with van der Waals surface area (Å²) in [6.07, 6.45) is 5.49. The van der Waals surface area contributed by atoms with Gasteiger partial charge < -0.3 is 14.6 Å². The predicted octanol–water partition coefficient (Wildman–Crippen LogP) is 4.03. The number of hydrogen-bond donors (Lipinski definition) is 1. The van der Waals surface area contributed by atoms with E-state index in [1.54, 1.807) is 30.0 Å². The zero-order valence-electron chi connectivity index (χ0n) is 17.8. The summed E-state index contributed by atoms with van der Waals surface area (Å²) in [4.78, 5) is 24.4. The summed E-state index contributed by atoms with van der Waals surface area (Å²) in [5, 5.41) is 3.06. The van der Waals surface area contributed by atoms with Crippen LogP contribution in [0.2, 0.25) is 0 Å². The van der Waals surface area contributed by atoms with Gasteiger partial charge in [-0.15, -0.1) is 0 Å². The molecule has 1 heterocycles. The Kier molecular flexibility index (Phi) is 6.51. The fourth-order valence-corrected chi connectivity index (χ4v) is 4.28. The first-order valence-corrected chi connectivity index (χ1v) is 10.8. The fourth-order valence-electron chi connectivity index (χ4n) is 4.28.